The van der Waals surface area contributed by atoms with Crippen LogP contribution in [0.2, 0.25) is 0 Å². The highest BCUT2D eigenvalue weighted by Gasteiger charge is 2.49. The highest BCUT2D eigenvalue weighted by atomic mass is 16.5. The molecule has 1 aromatic heterocycles. The zero-order chi connectivity index (χ0) is 17.6. The van der Waals surface area contributed by atoms with Gasteiger partial charge in [-0.15, -0.1) is 0 Å². The van der Waals surface area contributed by atoms with Gasteiger partial charge in [0, 0.05) is 55.8 Å². The van der Waals surface area contributed by atoms with Crippen LogP contribution in [0.15, 0.2) is 42.6 Å². The number of pyridine rings is 1. The lowest BCUT2D eigenvalue weighted by molar-refractivity contribution is -0.0505. The van der Waals surface area contributed by atoms with Gasteiger partial charge in [0.25, 0.3) is 0 Å². The number of rotatable bonds is 4. The van der Waals surface area contributed by atoms with Crippen molar-refractivity contribution < 1.29 is 4.74 Å². The molecule has 1 spiro atoms. The maximum atomic E-state index is 6.45. The molecule has 3 aliphatic rings. The minimum atomic E-state index is 0.335. The van der Waals surface area contributed by atoms with Crippen LogP contribution in [0.3, 0.4) is 0 Å². The van der Waals surface area contributed by atoms with Gasteiger partial charge in [-0.2, -0.15) is 0 Å². The summed E-state index contributed by atoms with van der Waals surface area (Å²) in [7, 11) is 0. The van der Waals surface area contributed by atoms with E-state index in [1.807, 2.05) is 6.20 Å². The van der Waals surface area contributed by atoms with Gasteiger partial charge in [0.2, 0.25) is 0 Å². The Labute approximate surface area is 155 Å². The fraction of sp³-hybridized carbons (Fsp3) is 0.500. The molecule has 1 saturated heterocycles. The van der Waals surface area contributed by atoms with E-state index in [4.69, 9.17) is 4.74 Å². The normalized spacial score (nSPS) is 24.6. The number of benzene rings is 1. The van der Waals surface area contributed by atoms with Crippen molar-refractivity contribution in [2.24, 2.45) is 5.41 Å². The third-order valence-corrected chi connectivity index (χ3v) is 6.48. The molecule has 0 radical (unpaired) electrons. The van der Waals surface area contributed by atoms with Crippen molar-refractivity contribution in [3.8, 4) is 5.75 Å². The number of nitrogens with one attached hydrogen (secondary N) is 1. The Morgan fingerprint density at radius 2 is 2.00 bits per heavy atom. The molecule has 3 heterocycles. The van der Waals surface area contributed by atoms with E-state index in [-0.39, 0.29) is 0 Å². The van der Waals surface area contributed by atoms with E-state index in [1.54, 1.807) is 0 Å². The summed E-state index contributed by atoms with van der Waals surface area (Å²) in [5, 5.41) is 3.40. The Balaban J connectivity index is 1.33. The molecule has 4 heteroatoms. The first kappa shape index (κ1) is 16.3. The van der Waals surface area contributed by atoms with Gasteiger partial charge in [-0.3, -0.25) is 9.88 Å². The van der Waals surface area contributed by atoms with Gasteiger partial charge < -0.3 is 10.1 Å². The highest BCUT2D eigenvalue weighted by Crippen LogP contribution is 2.47. The van der Waals surface area contributed by atoms with Gasteiger partial charge in [-0.1, -0.05) is 30.3 Å². The Morgan fingerprint density at radius 3 is 2.73 bits per heavy atom. The molecule has 1 N–H and O–H groups in total. The Morgan fingerprint density at radius 1 is 1.19 bits per heavy atom. The molecule has 1 saturated carbocycles. The van der Waals surface area contributed by atoms with E-state index in [2.05, 4.69) is 58.5 Å². The van der Waals surface area contributed by atoms with E-state index in [0.717, 1.165) is 25.3 Å². The zero-order valence-electron chi connectivity index (χ0n) is 15.4. The fourth-order valence-electron chi connectivity index (χ4n) is 4.84. The van der Waals surface area contributed by atoms with Crippen molar-refractivity contribution in [3.63, 3.8) is 0 Å². The molecule has 136 valence electrons. The van der Waals surface area contributed by atoms with Crippen LogP contribution >= 0.6 is 0 Å². The molecule has 4 nitrogen and oxygen atoms in total. The quantitative estimate of drug-likeness (QED) is 0.919. The van der Waals surface area contributed by atoms with Crippen molar-refractivity contribution in [2.45, 2.75) is 44.9 Å². The lowest BCUT2D eigenvalue weighted by Crippen LogP contribution is -2.62. The molecular weight excluding hydrogens is 322 g/mol. The summed E-state index contributed by atoms with van der Waals surface area (Å²) in [6.45, 7) is 6.67. The topological polar surface area (TPSA) is 37.4 Å². The lowest BCUT2D eigenvalue weighted by Gasteiger charge is -2.54. The average Bonchev–Trinajstić information content (AvgIpc) is 2.59. The van der Waals surface area contributed by atoms with Crippen molar-refractivity contribution in [3.05, 3.63) is 59.4 Å². The molecule has 1 unspecified atom stereocenters. The van der Waals surface area contributed by atoms with Gasteiger partial charge in [-0.25, -0.2) is 0 Å². The summed E-state index contributed by atoms with van der Waals surface area (Å²) < 4.78 is 6.45. The van der Waals surface area contributed by atoms with Crippen LogP contribution in [0.4, 0.5) is 0 Å². The summed E-state index contributed by atoms with van der Waals surface area (Å²) in [5.74, 6) is 1.06. The minimum Gasteiger partial charge on any atom is -0.490 e. The van der Waals surface area contributed by atoms with E-state index in [0.29, 0.717) is 17.6 Å². The van der Waals surface area contributed by atoms with Gasteiger partial charge in [0.05, 0.1) is 11.8 Å². The Bertz CT molecular complexity index is 779. The smallest absolute Gasteiger partial charge is 0.127 e. The van der Waals surface area contributed by atoms with E-state index in [9.17, 15) is 0 Å². The molecule has 5 rings (SSSR count). The summed E-state index contributed by atoms with van der Waals surface area (Å²) in [5.41, 5.74) is 4.44. The van der Waals surface area contributed by atoms with Crippen molar-refractivity contribution in [2.75, 3.05) is 19.6 Å². The van der Waals surface area contributed by atoms with Crippen molar-refractivity contribution >= 4 is 0 Å². The molecule has 2 fully saturated rings. The van der Waals surface area contributed by atoms with Crippen LogP contribution in [-0.4, -0.2) is 35.6 Å². The van der Waals surface area contributed by atoms with Crippen LogP contribution in [-0.2, 0) is 13.0 Å². The maximum Gasteiger partial charge on any atom is 0.127 e. The maximum absolute atomic E-state index is 6.45. The van der Waals surface area contributed by atoms with E-state index >= 15 is 0 Å². The monoisotopic (exact) mass is 349 g/mol. The van der Waals surface area contributed by atoms with E-state index in [1.165, 1.54) is 42.8 Å². The third-order valence-electron chi connectivity index (χ3n) is 6.48. The summed E-state index contributed by atoms with van der Waals surface area (Å²) >= 11 is 0. The van der Waals surface area contributed by atoms with Crippen LogP contribution in [0.1, 0.15) is 42.6 Å². The van der Waals surface area contributed by atoms with Crippen LogP contribution in [0.25, 0.3) is 0 Å². The second kappa shape index (κ2) is 6.36. The Hall–Kier alpha value is -1.91. The number of fused-ring (bicyclic) bond motifs is 1. The molecule has 1 aliphatic carbocycles. The number of ether oxygens (including phenoxy) is 1. The minimum absolute atomic E-state index is 0.335. The second-order valence-electron chi connectivity index (χ2n) is 8.30. The van der Waals surface area contributed by atoms with Gasteiger partial charge in [0.15, 0.2) is 0 Å². The first-order chi connectivity index (χ1) is 12.7. The average molecular weight is 349 g/mol. The first-order valence-electron chi connectivity index (χ1n) is 9.86. The number of aromatic nitrogens is 1. The van der Waals surface area contributed by atoms with Gasteiger partial charge in [-0.05, 0) is 31.4 Å². The van der Waals surface area contributed by atoms with Crippen molar-refractivity contribution in [1.82, 2.24) is 15.2 Å². The summed E-state index contributed by atoms with van der Waals surface area (Å²) in [6.07, 6.45) is 5.69. The first-order valence-corrected chi connectivity index (χ1v) is 9.86. The predicted molar refractivity (Wildman–Crippen MR) is 102 cm³/mol. The Kier molecular flexibility index (Phi) is 3.98. The predicted octanol–water partition coefficient (Wildman–Crippen LogP) is 3.33. The molecule has 26 heavy (non-hydrogen) atoms. The lowest BCUT2D eigenvalue weighted by atomic mass is 9.63. The zero-order valence-corrected chi connectivity index (χ0v) is 15.4. The molecule has 1 atom stereocenters. The largest absolute Gasteiger partial charge is 0.490 e. The van der Waals surface area contributed by atoms with E-state index < -0.39 is 0 Å². The van der Waals surface area contributed by atoms with Crippen LogP contribution in [0, 0.1) is 5.41 Å². The number of nitrogens with zero attached hydrogens (tertiary/aromatic N) is 2. The molecular formula is C22H27N3O. The van der Waals surface area contributed by atoms with Crippen LogP contribution in [0.5, 0.6) is 5.75 Å². The fourth-order valence-corrected chi connectivity index (χ4v) is 4.84. The number of hydrogen-bond acceptors (Lipinski definition) is 4. The SMILES string of the molecule is CC1c2c(OC3CC4(CNC4)C3)ccnc2CCN1Cc1ccccc1. The third kappa shape index (κ3) is 2.81. The highest BCUT2D eigenvalue weighted by molar-refractivity contribution is 5.40. The molecule has 1 aromatic carbocycles. The number of hydrogen-bond donors (Lipinski definition) is 1. The second-order valence-corrected chi connectivity index (χ2v) is 8.30. The summed E-state index contributed by atoms with van der Waals surface area (Å²) in [6, 6.07) is 13.2. The molecule has 0 amide bonds. The molecule has 2 aromatic rings. The van der Waals surface area contributed by atoms with Gasteiger partial charge in [0.1, 0.15) is 5.75 Å². The molecule has 2 aliphatic heterocycles. The molecule has 0 bridgehead atoms. The van der Waals surface area contributed by atoms with Gasteiger partial charge >= 0.3 is 0 Å². The van der Waals surface area contributed by atoms with Crippen LogP contribution < -0.4 is 10.1 Å². The standard InChI is InChI=1S/C22H27N3O/c1-16-21-19(8-10-25(16)13-17-5-3-2-4-6-17)24-9-7-20(21)26-18-11-22(12-18)14-23-15-22/h2-7,9,16,18,23H,8,10-15H2,1H3. The van der Waals surface area contributed by atoms with Crippen molar-refractivity contribution in [1.29, 1.82) is 0 Å². The summed E-state index contributed by atoms with van der Waals surface area (Å²) in [4.78, 5) is 7.21.